The van der Waals surface area contributed by atoms with Gasteiger partial charge < -0.3 is 16.2 Å². The van der Waals surface area contributed by atoms with Crippen LogP contribution in [0.2, 0.25) is 0 Å². The Hall–Kier alpha value is -0.840. The van der Waals surface area contributed by atoms with Gasteiger partial charge in [0.2, 0.25) is 0 Å². The summed E-state index contributed by atoms with van der Waals surface area (Å²) in [7, 11) is 0. The minimum absolute atomic E-state index is 0. The summed E-state index contributed by atoms with van der Waals surface area (Å²) in [6.45, 7) is 0.365. The molecule has 84 valence electrons. The predicted octanol–water partition coefficient (Wildman–Crippen LogP) is 1.24. The Bertz CT molecular complexity index is 295. The van der Waals surface area contributed by atoms with Gasteiger partial charge in [-0.2, -0.15) is 0 Å². The van der Waals surface area contributed by atoms with E-state index in [4.69, 9.17) is 16.2 Å². The first-order chi connectivity index (χ1) is 6.68. The number of ether oxygens (including phenoxy) is 1. The molecule has 0 unspecified atom stereocenters. The van der Waals surface area contributed by atoms with Gasteiger partial charge in [-0.3, -0.25) is 0 Å². The fourth-order valence-corrected chi connectivity index (χ4v) is 1.23. The maximum atomic E-state index is 5.81. The molecule has 1 atom stereocenters. The summed E-state index contributed by atoms with van der Waals surface area (Å²) in [5, 5.41) is 0.0495. The van der Waals surface area contributed by atoms with E-state index < -0.39 is 0 Å². The first-order valence-corrected chi connectivity index (χ1v) is 4.81. The molecule has 0 bridgehead atoms. The summed E-state index contributed by atoms with van der Waals surface area (Å²) in [5.74, 6) is 0. The number of rotatable bonds is 4. The third-order valence-corrected chi connectivity index (χ3v) is 1.90. The quantitative estimate of drug-likeness (QED) is 0.785. The summed E-state index contributed by atoms with van der Waals surface area (Å²) in [6.07, 6.45) is 0.767. The molecule has 1 aromatic carbocycles. The van der Waals surface area contributed by atoms with Crippen molar-refractivity contribution < 1.29 is 4.74 Å². The molecule has 0 saturated heterocycles. The van der Waals surface area contributed by atoms with E-state index in [2.05, 4.69) is 12.2 Å². The molecular formula is C10H15ClN2OS. The van der Waals surface area contributed by atoms with Crippen LogP contribution in [0, 0.1) is 0 Å². The van der Waals surface area contributed by atoms with E-state index in [0.29, 0.717) is 6.61 Å². The van der Waals surface area contributed by atoms with Gasteiger partial charge in [-0.05, 0) is 24.2 Å². The van der Waals surface area contributed by atoms with Gasteiger partial charge >= 0.3 is 0 Å². The molecule has 3 nitrogen and oxygen atoms in total. The van der Waals surface area contributed by atoms with Crippen molar-refractivity contribution in [3.8, 4) is 0 Å². The van der Waals surface area contributed by atoms with Crippen molar-refractivity contribution in [2.24, 2.45) is 11.5 Å². The molecule has 1 aromatic rings. The number of nitrogens with two attached hydrogens (primary N) is 2. The van der Waals surface area contributed by atoms with Gasteiger partial charge in [0.05, 0.1) is 0 Å². The summed E-state index contributed by atoms with van der Waals surface area (Å²) < 4.78 is 4.96. The number of halogens is 1. The first-order valence-electron chi connectivity index (χ1n) is 4.40. The van der Waals surface area contributed by atoms with E-state index >= 15 is 0 Å². The third kappa shape index (κ3) is 6.28. The first kappa shape index (κ1) is 14.2. The second kappa shape index (κ2) is 7.45. The monoisotopic (exact) mass is 246 g/mol. The van der Waals surface area contributed by atoms with Gasteiger partial charge in [-0.1, -0.05) is 30.3 Å². The van der Waals surface area contributed by atoms with Crippen LogP contribution in [0.5, 0.6) is 0 Å². The van der Waals surface area contributed by atoms with E-state index in [0.717, 1.165) is 6.42 Å². The average Bonchev–Trinajstić information content (AvgIpc) is 2.16. The van der Waals surface area contributed by atoms with E-state index in [1.165, 1.54) is 5.56 Å². The molecule has 0 aromatic heterocycles. The molecule has 0 aliphatic rings. The smallest absolute Gasteiger partial charge is 0.254 e. The maximum Gasteiger partial charge on any atom is 0.254 e. The van der Waals surface area contributed by atoms with Crippen LogP contribution in [0.1, 0.15) is 5.56 Å². The highest BCUT2D eigenvalue weighted by Gasteiger charge is 2.04. The second-order valence-electron chi connectivity index (χ2n) is 3.08. The van der Waals surface area contributed by atoms with Crippen LogP contribution in [0.4, 0.5) is 0 Å². The number of hydrogen-bond acceptors (Lipinski definition) is 3. The fraction of sp³-hybridized carbons (Fsp3) is 0.300. The van der Waals surface area contributed by atoms with Gasteiger partial charge in [-0.25, -0.2) is 0 Å². The molecule has 0 saturated carbocycles. The summed E-state index contributed by atoms with van der Waals surface area (Å²) in [5.41, 5.74) is 12.2. The zero-order chi connectivity index (χ0) is 10.4. The molecule has 4 N–H and O–H groups in total. The number of thiocarbonyl (C=S) groups is 1. The standard InChI is InChI=1S/C10H14N2OS.ClH/c11-9(7-13-10(12)14)6-8-4-2-1-3-5-8;/h1-5,9H,6-7,11H2,(H2,12,14);1H/t9-;/m0./s1. The SMILES string of the molecule is Cl.NC(=S)OC[C@@H](N)Cc1ccccc1. The van der Waals surface area contributed by atoms with Crippen molar-refractivity contribution in [1.82, 2.24) is 0 Å². The highest BCUT2D eigenvalue weighted by Crippen LogP contribution is 2.01. The molecule has 0 spiro atoms. The van der Waals surface area contributed by atoms with Crippen LogP contribution in [0.15, 0.2) is 30.3 Å². The molecule has 5 heteroatoms. The molecule has 0 amide bonds. The largest absolute Gasteiger partial charge is 0.470 e. The van der Waals surface area contributed by atoms with E-state index in [9.17, 15) is 0 Å². The Morgan fingerprint density at radius 1 is 1.33 bits per heavy atom. The molecule has 0 aliphatic carbocycles. The highest BCUT2D eigenvalue weighted by molar-refractivity contribution is 7.80. The Morgan fingerprint density at radius 2 is 1.93 bits per heavy atom. The van der Waals surface area contributed by atoms with Crippen LogP contribution < -0.4 is 11.5 Å². The Morgan fingerprint density at radius 3 is 2.47 bits per heavy atom. The van der Waals surface area contributed by atoms with Crippen molar-refractivity contribution in [1.29, 1.82) is 0 Å². The summed E-state index contributed by atoms with van der Waals surface area (Å²) in [6, 6.07) is 9.92. The molecule has 0 heterocycles. The maximum absolute atomic E-state index is 5.81. The minimum atomic E-state index is -0.0705. The summed E-state index contributed by atoms with van der Waals surface area (Å²) >= 11 is 4.58. The lowest BCUT2D eigenvalue weighted by Crippen LogP contribution is -2.31. The van der Waals surface area contributed by atoms with Crippen molar-refractivity contribution in [2.45, 2.75) is 12.5 Å². The lowest BCUT2D eigenvalue weighted by molar-refractivity contribution is 0.278. The third-order valence-electron chi connectivity index (χ3n) is 1.78. The lowest BCUT2D eigenvalue weighted by Gasteiger charge is -2.11. The Kier molecular flexibility index (Phi) is 7.03. The van der Waals surface area contributed by atoms with Gasteiger partial charge in [0.1, 0.15) is 6.61 Å². The molecule has 0 radical (unpaired) electrons. The number of hydrogen-bond donors (Lipinski definition) is 2. The van der Waals surface area contributed by atoms with Crippen LogP contribution in [-0.4, -0.2) is 17.8 Å². The lowest BCUT2D eigenvalue weighted by atomic mass is 10.1. The van der Waals surface area contributed by atoms with Crippen LogP contribution in [-0.2, 0) is 11.2 Å². The van der Waals surface area contributed by atoms with Crippen LogP contribution in [0.25, 0.3) is 0 Å². The number of benzene rings is 1. The normalized spacial score (nSPS) is 11.3. The second-order valence-corrected chi connectivity index (χ2v) is 3.48. The molecule has 0 aliphatic heterocycles. The summed E-state index contributed by atoms with van der Waals surface area (Å²) in [4.78, 5) is 0. The van der Waals surface area contributed by atoms with Gasteiger partial charge in [0, 0.05) is 6.04 Å². The fourth-order valence-electron chi connectivity index (χ4n) is 1.16. The molecule has 0 fully saturated rings. The minimum Gasteiger partial charge on any atom is -0.470 e. The van der Waals surface area contributed by atoms with E-state index in [1.807, 2.05) is 30.3 Å². The van der Waals surface area contributed by atoms with Crippen LogP contribution in [0.3, 0.4) is 0 Å². The average molecular weight is 247 g/mol. The Balaban J connectivity index is 0.00000196. The van der Waals surface area contributed by atoms with Crippen molar-refractivity contribution >= 4 is 29.8 Å². The predicted molar refractivity (Wildman–Crippen MR) is 68.1 cm³/mol. The van der Waals surface area contributed by atoms with Crippen molar-refractivity contribution in [3.05, 3.63) is 35.9 Å². The zero-order valence-corrected chi connectivity index (χ0v) is 9.89. The zero-order valence-electron chi connectivity index (χ0n) is 8.26. The highest BCUT2D eigenvalue weighted by atomic mass is 35.5. The Labute approximate surface area is 101 Å². The molecule has 1 rings (SSSR count). The topological polar surface area (TPSA) is 61.3 Å². The van der Waals surface area contributed by atoms with E-state index in [-0.39, 0.29) is 23.6 Å². The van der Waals surface area contributed by atoms with Gasteiger partial charge in [-0.15, -0.1) is 12.4 Å². The molecule has 15 heavy (non-hydrogen) atoms. The van der Waals surface area contributed by atoms with Crippen LogP contribution >= 0.6 is 24.6 Å². The van der Waals surface area contributed by atoms with Crippen molar-refractivity contribution in [3.63, 3.8) is 0 Å². The van der Waals surface area contributed by atoms with Gasteiger partial charge in [0.25, 0.3) is 5.17 Å². The van der Waals surface area contributed by atoms with Crippen molar-refractivity contribution in [2.75, 3.05) is 6.61 Å². The van der Waals surface area contributed by atoms with Gasteiger partial charge in [0.15, 0.2) is 0 Å². The van der Waals surface area contributed by atoms with E-state index in [1.54, 1.807) is 0 Å². The molecular weight excluding hydrogens is 232 g/mol.